The van der Waals surface area contributed by atoms with E-state index in [9.17, 15) is 0 Å². The maximum atomic E-state index is 6.29. The molecule has 0 radical (unpaired) electrons. The predicted molar refractivity (Wildman–Crippen MR) is 57.2 cm³/mol. The van der Waals surface area contributed by atoms with Crippen molar-refractivity contribution in [3.05, 3.63) is 0 Å². The van der Waals surface area contributed by atoms with Gasteiger partial charge in [-0.3, -0.25) is 0 Å². The van der Waals surface area contributed by atoms with Crippen molar-refractivity contribution in [1.82, 2.24) is 0 Å². The Balaban J connectivity index is 1.68. The largest absolute Gasteiger partial charge is 0.374 e. The van der Waals surface area contributed by atoms with Gasteiger partial charge in [-0.2, -0.15) is 0 Å². The Labute approximate surface area is 87.2 Å². The molecule has 1 nitrogen and oxygen atoms in total. The maximum absolute atomic E-state index is 6.29. The summed E-state index contributed by atoms with van der Waals surface area (Å²) in [5.41, 5.74) is 0. The zero-order valence-corrected chi connectivity index (χ0v) is 9.08. The van der Waals surface area contributed by atoms with E-state index in [1.54, 1.807) is 0 Å². The minimum atomic E-state index is 0.656. The van der Waals surface area contributed by atoms with E-state index in [-0.39, 0.29) is 0 Å². The van der Waals surface area contributed by atoms with Gasteiger partial charge >= 0.3 is 0 Å². The van der Waals surface area contributed by atoms with Gasteiger partial charge in [0.15, 0.2) is 0 Å². The summed E-state index contributed by atoms with van der Waals surface area (Å²) in [6.07, 6.45) is 14.2. The van der Waals surface area contributed by atoms with E-state index >= 15 is 0 Å². The Morgan fingerprint density at radius 3 is 1.71 bits per heavy atom. The maximum Gasteiger partial charge on any atom is 0.0607 e. The topological polar surface area (TPSA) is 9.23 Å². The highest BCUT2D eigenvalue weighted by Crippen LogP contribution is 2.43. The van der Waals surface area contributed by atoms with Crippen LogP contribution in [0.1, 0.15) is 57.8 Å². The fraction of sp³-hybridized carbons (Fsp3) is 1.00. The van der Waals surface area contributed by atoms with Crippen molar-refractivity contribution in [2.75, 3.05) is 0 Å². The average molecular weight is 194 g/mol. The van der Waals surface area contributed by atoms with Crippen LogP contribution in [0, 0.1) is 11.8 Å². The van der Waals surface area contributed by atoms with Crippen LogP contribution < -0.4 is 0 Å². The summed E-state index contributed by atoms with van der Waals surface area (Å²) < 4.78 is 6.29. The van der Waals surface area contributed by atoms with Crippen molar-refractivity contribution >= 4 is 0 Å². The third kappa shape index (κ3) is 1.60. The summed E-state index contributed by atoms with van der Waals surface area (Å²) in [6, 6.07) is 0. The molecule has 0 bridgehead atoms. The van der Waals surface area contributed by atoms with Gasteiger partial charge in [-0.15, -0.1) is 0 Å². The Bertz CT molecular complexity index is 159. The lowest BCUT2D eigenvalue weighted by molar-refractivity contribution is -0.140. The highest BCUT2D eigenvalue weighted by Gasteiger charge is 2.39. The number of hydrogen-bond acceptors (Lipinski definition) is 1. The van der Waals surface area contributed by atoms with Gasteiger partial charge in [-0.1, -0.05) is 25.7 Å². The standard InChI is InChI=1S/C13H22O/c1-3-7-12-10(5-1)9-11-6-2-4-8-13(11)14-12/h10-13H,1-9H2/t10-,11-,12-,13+/m0/s1. The number of ether oxygens (including phenoxy) is 1. The first-order valence-corrected chi connectivity index (χ1v) is 6.59. The first-order chi connectivity index (χ1) is 6.93. The molecule has 0 N–H and O–H groups in total. The first-order valence-electron chi connectivity index (χ1n) is 6.59. The summed E-state index contributed by atoms with van der Waals surface area (Å²) in [7, 11) is 0. The van der Waals surface area contributed by atoms with Crippen LogP contribution in [0.4, 0.5) is 0 Å². The Morgan fingerprint density at radius 1 is 0.643 bits per heavy atom. The van der Waals surface area contributed by atoms with Gasteiger partial charge in [0.2, 0.25) is 0 Å². The smallest absolute Gasteiger partial charge is 0.0607 e. The SMILES string of the molecule is C1CC[C@@H]2O[C@@H]3CCCC[C@H]3C[C@@H]2C1. The zero-order valence-electron chi connectivity index (χ0n) is 9.08. The quantitative estimate of drug-likeness (QED) is 0.573. The van der Waals surface area contributed by atoms with Gasteiger partial charge < -0.3 is 4.74 Å². The van der Waals surface area contributed by atoms with Crippen molar-refractivity contribution in [3.8, 4) is 0 Å². The molecule has 3 rings (SSSR count). The van der Waals surface area contributed by atoms with Crippen molar-refractivity contribution in [2.45, 2.75) is 70.0 Å². The van der Waals surface area contributed by atoms with E-state index < -0.39 is 0 Å². The first kappa shape index (κ1) is 9.21. The molecule has 0 unspecified atom stereocenters. The van der Waals surface area contributed by atoms with E-state index in [0.717, 1.165) is 11.8 Å². The van der Waals surface area contributed by atoms with Crippen LogP contribution in [0.5, 0.6) is 0 Å². The number of hydrogen-bond donors (Lipinski definition) is 0. The molecule has 0 aromatic carbocycles. The van der Waals surface area contributed by atoms with Crippen LogP contribution in [-0.4, -0.2) is 12.2 Å². The lowest BCUT2D eigenvalue weighted by Crippen LogP contribution is -2.43. The normalized spacial score (nSPS) is 48.0. The summed E-state index contributed by atoms with van der Waals surface area (Å²) in [5.74, 6) is 1.87. The zero-order chi connectivity index (χ0) is 9.38. The van der Waals surface area contributed by atoms with Crippen LogP contribution in [-0.2, 0) is 4.74 Å². The molecule has 80 valence electrons. The molecule has 0 aromatic heterocycles. The fourth-order valence-corrected chi connectivity index (χ4v) is 3.86. The molecule has 1 aliphatic heterocycles. The second-order valence-electron chi connectivity index (χ2n) is 5.54. The summed E-state index contributed by atoms with van der Waals surface area (Å²) >= 11 is 0. The second kappa shape index (κ2) is 3.84. The minimum absolute atomic E-state index is 0.656. The minimum Gasteiger partial charge on any atom is -0.374 e. The molecule has 2 saturated carbocycles. The Kier molecular flexibility index (Phi) is 2.53. The van der Waals surface area contributed by atoms with E-state index in [1.165, 1.54) is 57.8 Å². The molecule has 1 heterocycles. The van der Waals surface area contributed by atoms with Crippen molar-refractivity contribution < 1.29 is 4.74 Å². The van der Waals surface area contributed by atoms with Crippen LogP contribution in [0.2, 0.25) is 0 Å². The van der Waals surface area contributed by atoms with Gasteiger partial charge in [0, 0.05) is 0 Å². The molecule has 0 amide bonds. The number of rotatable bonds is 0. The van der Waals surface area contributed by atoms with Gasteiger partial charge in [-0.25, -0.2) is 0 Å². The highest BCUT2D eigenvalue weighted by atomic mass is 16.5. The molecule has 0 spiro atoms. The lowest BCUT2D eigenvalue weighted by Gasteiger charge is -2.46. The van der Waals surface area contributed by atoms with Crippen LogP contribution >= 0.6 is 0 Å². The van der Waals surface area contributed by atoms with Crippen LogP contribution in [0.3, 0.4) is 0 Å². The highest BCUT2D eigenvalue weighted by molar-refractivity contribution is 4.88. The van der Waals surface area contributed by atoms with Crippen molar-refractivity contribution in [1.29, 1.82) is 0 Å². The van der Waals surface area contributed by atoms with E-state index in [1.807, 2.05) is 0 Å². The van der Waals surface area contributed by atoms with E-state index in [2.05, 4.69) is 0 Å². The average Bonchev–Trinajstić information content (AvgIpc) is 2.26. The van der Waals surface area contributed by atoms with Gasteiger partial charge in [0.1, 0.15) is 0 Å². The van der Waals surface area contributed by atoms with Crippen molar-refractivity contribution in [2.24, 2.45) is 11.8 Å². The molecule has 14 heavy (non-hydrogen) atoms. The summed E-state index contributed by atoms with van der Waals surface area (Å²) in [4.78, 5) is 0. The fourth-order valence-electron chi connectivity index (χ4n) is 3.86. The second-order valence-corrected chi connectivity index (χ2v) is 5.54. The van der Waals surface area contributed by atoms with Gasteiger partial charge in [0.05, 0.1) is 12.2 Å². The molecule has 1 saturated heterocycles. The third-order valence-electron chi connectivity index (χ3n) is 4.63. The summed E-state index contributed by atoms with van der Waals surface area (Å²) in [5, 5.41) is 0. The molecule has 2 aliphatic carbocycles. The molecule has 3 aliphatic rings. The van der Waals surface area contributed by atoms with Gasteiger partial charge in [-0.05, 0) is 43.9 Å². The molecular formula is C13H22O. The monoisotopic (exact) mass is 194 g/mol. The lowest BCUT2D eigenvalue weighted by atomic mass is 9.72. The van der Waals surface area contributed by atoms with Crippen LogP contribution in [0.15, 0.2) is 0 Å². The van der Waals surface area contributed by atoms with E-state index in [4.69, 9.17) is 4.74 Å². The Hall–Kier alpha value is -0.0400. The summed E-state index contributed by atoms with van der Waals surface area (Å²) in [6.45, 7) is 0. The van der Waals surface area contributed by atoms with Gasteiger partial charge in [0.25, 0.3) is 0 Å². The molecule has 3 fully saturated rings. The van der Waals surface area contributed by atoms with Crippen molar-refractivity contribution in [3.63, 3.8) is 0 Å². The predicted octanol–water partition coefficient (Wildman–Crippen LogP) is 3.52. The molecule has 1 heteroatoms. The molecule has 4 atom stereocenters. The van der Waals surface area contributed by atoms with E-state index in [0.29, 0.717) is 12.2 Å². The Morgan fingerprint density at radius 2 is 1.14 bits per heavy atom. The molecular weight excluding hydrogens is 172 g/mol. The molecule has 0 aromatic rings. The third-order valence-corrected chi connectivity index (χ3v) is 4.63. The van der Waals surface area contributed by atoms with Crippen LogP contribution in [0.25, 0.3) is 0 Å². The number of fused-ring (bicyclic) bond motifs is 2.